The molecule has 7 rings (SSSR count). The summed E-state index contributed by atoms with van der Waals surface area (Å²) in [6.07, 6.45) is 3.61. The van der Waals surface area contributed by atoms with Crippen LogP contribution in [0.1, 0.15) is 42.8 Å². The Morgan fingerprint density at radius 1 is 1.12 bits per heavy atom. The lowest BCUT2D eigenvalue weighted by Crippen LogP contribution is -2.34. The number of rotatable bonds is 5. The summed E-state index contributed by atoms with van der Waals surface area (Å²) in [5.74, 6) is 1.74. The Hall–Kier alpha value is -4.15. The van der Waals surface area contributed by atoms with Gasteiger partial charge in [0.15, 0.2) is 17.3 Å². The van der Waals surface area contributed by atoms with Gasteiger partial charge in [-0.15, -0.1) is 0 Å². The van der Waals surface area contributed by atoms with Crippen LogP contribution in [0.5, 0.6) is 11.5 Å². The van der Waals surface area contributed by atoms with Crippen LogP contribution in [0.15, 0.2) is 64.0 Å². The molecule has 2 aliphatic rings. The van der Waals surface area contributed by atoms with Crippen molar-refractivity contribution in [2.75, 3.05) is 13.1 Å². The second-order valence-electron chi connectivity index (χ2n) is 10.5. The van der Waals surface area contributed by atoms with Gasteiger partial charge in [0, 0.05) is 31.3 Å². The third-order valence-corrected chi connectivity index (χ3v) is 8.11. The van der Waals surface area contributed by atoms with Gasteiger partial charge in [-0.25, -0.2) is 9.78 Å². The number of nitrogens with one attached hydrogen (secondary N) is 1. The predicted molar refractivity (Wildman–Crippen MR) is 148 cm³/mol. The number of fused-ring (bicyclic) bond motifs is 2. The molecule has 11 heteroatoms. The van der Waals surface area contributed by atoms with Gasteiger partial charge in [0.1, 0.15) is 11.5 Å². The lowest BCUT2D eigenvalue weighted by Gasteiger charge is -2.32. The summed E-state index contributed by atoms with van der Waals surface area (Å²) in [4.78, 5) is 25.7. The van der Waals surface area contributed by atoms with Crippen LogP contribution in [0, 0.1) is 0 Å². The smallest absolute Gasteiger partial charge is 0.439 e. The molecule has 1 fully saturated rings. The number of hydrogen-bond donors (Lipinski definition) is 1. The van der Waals surface area contributed by atoms with Crippen LogP contribution in [0.25, 0.3) is 22.4 Å². The lowest BCUT2D eigenvalue weighted by molar-refractivity contribution is -0.0722. The summed E-state index contributed by atoms with van der Waals surface area (Å²) in [5.41, 5.74) is 4.51. The van der Waals surface area contributed by atoms with E-state index in [0.29, 0.717) is 22.5 Å². The summed E-state index contributed by atoms with van der Waals surface area (Å²) in [7, 11) is 2.02. The molecule has 10 nitrogen and oxygen atoms in total. The van der Waals surface area contributed by atoms with E-state index in [1.165, 1.54) is 5.56 Å². The molecule has 0 spiro atoms. The van der Waals surface area contributed by atoms with Gasteiger partial charge < -0.3 is 14.0 Å². The van der Waals surface area contributed by atoms with E-state index in [1.807, 2.05) is 50.4 Å². The molecule has 1 unspecified atom stereocenters. The van der Waals surface area contributed by atoms with Crippen molar-refractivity contribution in [3.63, 3.8) is 0 Å². The molecule has 0 amide bonds. The first-order valence-electron chi connectivity index (χ1n) is 13.2. The van der Waals surface area contributed by atoms with Crippen LogP contribution in [-0.4, -0.2) is 42.7 Å². The highest BCUT2D eigenvalue weighted by atomic mass is 35.5. The monoisotopic (exact) mass is 558 g/mol. The number of nitrogens with zero attached hydrogens (tertiary/aromatic N) is 5. The van der Waals surface area contributed by atoms with Gasteiger partial charge in [0.25, 0.3) is 5.79 Å². The van der Waals surface area contributed by atoms with Crippen LogP contribution in [-0.2, 0) is 19.4 Å². The number of hydrogen-bond acceptors (Lipinski definition) is 8. The Balaban J connectivity index is 1.05. The Kier molecular flexibility index (Phi) is 5.90. The van der Waals surface area contributed by atoms with Crippen LogP contribution in [0.2, 0.25) is 5.02 Å². The average Bonchev–Trinajstić information content (AvgIpc) is 3.64. The van der Waals surface area contributed by atoms with Crippen molar-refractivity contribution in [3.8, 4) is 22.9 Å². The third-order valence-electron chi connectivity index (χ3n) is 7.88. The van der Waals surface area contributed by atoms with Crippen LogP contribution < -0.4 is 15.2 Å². The minimum atomic E-state index is -0.993. The Bertz CT molecular complexity index is 1770. The van der Waals surface area contributed by atoms with Gasteiger partial charge in [-0.1, -0.05) is 28.9 Å². The van der Waals surface area contributed by atoms with Gasteiger partial charge in [0.05, 0.1) is 22.6 Å². The van der Waals surface area contributed by atoms with Crippen molar-refractivity contribution in [1.82, 2.24) is 29.6 Å². The first-order chi connectivity index (χ1) is 19.4. The number of aromatic nitrogens is 5. The second-order valence-corrected chi connectivity index (χ2v) is 10.9. The number of piperidine rings is 1. The van der Waals surface area contributed by atoms with Gasteiger partial charge in [-0.05, 0) is 68.2 Å². The zero-order chi connectivity index (χ0) is 27.4. The van der Waals surface area contributed by atoms with Gasteiger partial charge in [0.2, 0.25) is 0 Å². The number of aryl methyl sites for hydroxylation is 1. The first kappa shape index (κ1) is 24.9. The molecule has 1 saturated heterocycles. The maximum atomic E-state index is 11.4. The fourth-order valence-electron chi connectivity index (χ4n) is 5.70. The fourth-order valence-corrected chi connectivity index (χ4v) is 5.81. The van der Waals surface area contributed by atoms with E-state index in [-0.39, 0.29) is 0 Å². The highest BCUT2D eigenvalue weighted by Gasteiger charge is 2.42. The number of benzene rings is 2. The van der Waals surface area contributed by atoms with Crippen LogP contribution in [0.4, 0.5) is 0 Å². The third kappa shape index (κ3) is 4.33. The molecule has 0 aliphatic carbocycles. The molecule has 3 aromatic heterocycles. The van der Waals surface area contributed by atoms with E-state index in [2.05, 4.69) is 35.2 Å². The molecular weight excluding hydrogens is 532 g/mol. The zero-order valence-electron chi connectivity index (χ0n) is 22.1. The van der Waals surface area contributed by atoms with Gasteiger partial charge in [-0.2, -0.15) is 0 Å². The first-order valence-corrected chi connectivity index (χ1v) is 13.6. The minimum absolute atomic E-state index is 0.364. The van der Waals surface area contributed by atoms with Gasteiger partial charge >= 0.3 is 5.76 Å². The normalized spacial score (nSPS) is 19.5. The van der Waals surface area contributed by atoms with E-state index in [0.717, 1.165) is 66.4 Å². The Labute approximate surface area is 234 Å². The summed E-state index contributed by atoms with van der Waals surface area (Å²) in [5, 5.41) is 4.37. The largest absolute Gasteiger partial charge is 0.443 e. The average molecular weight is 559 g/mol. The van der Waals surface area contributed by atoms with Crippen molar-refractivity contribution >= 4 is 22.6 Å². The Morgan fingerprint density at radius 3 is 2.73 bits per heavy atom. The molecule has 40 heavy (non-hydrogen) atoms. The summed E-state index contributed by atoms with van der Waals surface area (Å²) in [6.45, 7) is 4.53. The molecule has 5 heterocycles. The van der Waals surface area contributed by atoms with Crippen molar-refractivity contribution in [1.29, 1.82) is 0 Å². The van der Waals surface area contributed by atoms with E-state index in [9.17, 15) is 4.79 Å². The van der Waals surface area contributed by atoms with E-state index >= 15 is 0 Å². The van der Waals surface area contributed by atoms with Crippen LogP contribution in [0.3, 0.4) is 0 Å². The van der Waals surface area contributed by atoms with Crippen molar-refractivity contribution in [2.24, 2.45) is 7.05 Å². The molecule has 2 aliphatic heterocycles. The predicted octanol–water partition coefficient (Wildman–Crippen LogP) is 4.99. The molecule has 1 atom stereocenters. The number of pyridine rings is 1. The molecule has 204 valence electrons. The molecular formula is C29H27ClN6O4. The number of aromatic amines is 1. The second kappa shape index (κ2) is 9.50. The minimum Gasteiger partial charge on any atom is -0.443 e. The highest BCUT2D eigenvalue weighted by molar-refractivity contribution is 6.30. The standard InChI is InChI=1S/C29H27ClN6O4/c1-29(24-9-7-19(30)15-31-24)38-23-5-3-4-20(26(23)39-29)17-10-12-36(13-11-17)16-25-32-21-8-6-18(14-22(21)35(25)2)27-33-28(37)40-34-27/h3-9,14-15,17H,10-13,16H2,1-2H3,(H,33,34,37). The van der Waals surface area contributed by atoms with Crippen LogP contribution >= 0.6 is 11.6 Å². The molecule has 1 N–H and O–H groups in total. The molecule has 0 saturated carbocycles. The Morgan fingerprint density at radius 2 is 1.98 bits per heavy atom. The summed E-state index contributed by atoms with van der Waals surface area (Å²) in [6, 6.07) is 15.6. The molecule has 0 radical (unpaired) electrons. The molecule has 0 bridgehead atoms. The fraction of sp³-hybridized carbons (Fsp3) is 0.310. The topological polar surface area (TPSA) is 111 Å². The van der Waals surface area contributed by atoms with Crippen molar-refractivity contribution in [2.45, 2.75) is 38.0 Å². The quantitative estimate of drug-likeness (QED) is 0.321. The number of ether oxygens (including phenoxy) is 2. The molecule has 5 aromatic rings. The number of H-pyrrole nitrogens is 1. The maximum Gasteiger partial charge on any atom is 0.439 e. The summed E-state index contributed by atoms with van der Waals surface area (Å²) >= 11 is 6.03. The maximum absolute atomic E-state index is 11.4. The van der Waals surface area contributed by atoms with Gasteiger partial charge in [-0.3, -0.25) is 19.4 Å². The number of para-hydroxylation sites is 1. The number of imidazole rings is 1. The van der Waals surface area contributed by atoms with E-state index in [4.69, 9.17) is 26.1 Å². The SMILES string of the molecule is Cn1c(CN2CCC(c3cccc4c3OC(C)(c3ccc(Cl)cn3)O4)CC2)nc2ccc(-c3noc(=O)[nH]3)cc21. The molecule has 2 aromatic carbocycles. The lowest BCUT2D eigenvalue weighted by atomic mass is 9.88. The highest BCUT2D eigenvalue weighted by Crippen LogP contribution is 2.49. The van der Waals surface area contributed by atoms with E-state index in [1.54, 1.807) is 12.3 Å². The van der Waals surface area contributed by atoms with Crippen molar-refractivity contribution < 1.29 is 14.0 Å². The zero-order valence-corrected chi connectivity index (χ0v) is 22.8. The number of halogens is 1. The summed E-state index contributed by atoms with van der Waals surface area (Å²) < 4.78 is 19.4. The van der Waals surface area contributed by atoms with E-state index < -0.39 is 11.5 Å². The number of likely N-dealkylation sites (tertiary alicyclic amines) is 1. The van der Waals surface area contributed by atoms with Crippen molar-refractivity contribution in [3.05, 3.63) is 87.4 Å².